The van der Waals surface area contributed by atoms with Crippen molar-refractivity contribution in [2.45, 2.75) is 13.8 Å². The average molecular weight is 742 g/mol. The van der Waals surface area contributed by atoms with Gasteiger partial charge >= 0.3 is 17.9 Å². The van der Waals surface area contributed by atoms with E-state index in [2.05, 4.69) is 15.0 Å². The Morgan fingerprint density at radius 3 is 1.15 bits per heavy atom. The lowest BCUT2D eigenvalue weighted by molar-refractivity contribution is 0.0680. The number of hydrogen-bond donors (Lipinski definition) is 3. The summed E-state index contributed by atoms with van der Waals surface area (Å²) in [4.78, 5) is 45.5. The Balaban J connectivity index is 0.000000239. The molecule has 0 unspecified atom stereocenters. The Kier molecular flexibility index (Phi) is 12.0. The van der Waals surface area contributed by atoms with Crippen LogP contribution in [0.5, 0.6) is 17.2 Å². The Hall–Kier alpha value is -7.03. The van der Waals surface area contributed by atoms with Crippen molar-refractivity contribution in [1.29, 1.82) is 0 Å². The topological polar surface area (TPSA) is 178 Å². The molecule has 54 heavy (non-hydrogen) atoms. The van der Waals surface area contributed by atoms with Gasteiger partial charge in [-0.25, -0.2) is 42.5 Å². The lowest BCUT2D eigenvalue weighted by Gasteiger charge is -2.10. The number of pyridine rings is 3. The highest BCUT2D eigenvalue weighted by molar-refractivity contribution is 5.95. The summed E-state index contributed by atoms with van der Waals surface area (Å²) < 4.78 is 57.3. The van der Waals surface area contributed by atoms with Crippen LogP contribution in [0.2, 0.25) is 0 Å². The molecule has 0 aliphatic carbocycles. The monoisotopic (exact) mass is 741 g/mol. The number of carbonyl (C=O) groups is 3. The van der Waals surface area contributed by atoms with Crippen LogP contribution in [0.15, 0.2) is 96.6 Å². The van der Waals surface area contributed by atoms with E-state index in [1.165, 1.54) is 72.8 Å². The third-order valence-corrected chi connectivity index (χ3v) is 7.42. The normalized spacial score (nSPS) is 10.9. The number of allylic oxidation sites excluding steroid dienone is 1. The second-order valence-corrected chi connectivity index (χ2v) is 11.6. The summed E-state index contributed by atoms with van der Waals surface area (Å²) in [5.74, 6) is -4.50. The number of hydrogen-bond acceptors (Lipinski definition) is 9. The van der Waals surface area contributed by atoms with E-state index in [4.69, 9.17) is 19.3 Å². The smallest absolute Gasteiger partial charge is 0.354 e. The van der Waals surface area contributed by atoms with Crippen LogP contribution in [0.1, 0.15) is 45.3 Å². The molecule has 276 valence electrons. The molecule has 0 aliphatic heterocycles. The number of nitrogens with zero attached hydrogens (tertiary/aromatic N) is 3. The second-order valence-electron chi connectivity index (χ2n) is 11.6. The average Bonchev–Trinajstić information content (AvgIpc) is 3.12. The minimum absolute atomic E-state index is 0.00411. The molecule has 3 aromatic carbocycles. The number of ether oxygens (including phenoxy) is 3. The minimum atomic E-state index is -1.25. The third-order valence-electron chi connectivity index (χ3n) is 7.42. The van der Waals surface area contributed by atoms with E-state index in [-0.39, 0.29) is 59.4 Å². The molecule has 0 bridgehead atoms. The first-order valence-electron chi connectivity index (χ1n) is 16.0. The van der Waals surface area contributed by atoms with E-state index >= 15 is 0 Å². The molecular weight excluding hydrogens is 711 g/mol. The van der Waals surface area contributed by atoms with Gasteiger partial charge in [-0.1, -0.05) is 5.57 Å². The molecule has 3 aromatic heterocycles. The van der Waals surface area contributed by atoms with Gasteiger partial charge in [-0.15, -0.1) is 0 Å². The zero-order valence-corrected chi connectivity index (χ0v) is 28.5. The number of aromatic nitrogens is 3. The number of aromatic carboxylic acids is 3. The molecule has 0 fully saturated rings. The maximum Gasteiger partial charge on any atom is 0.354 e. The van der Waals surface area contributed by atoms with E-state index in [0.29, 0.717) is 27.4 Å². The fourth-order valence-corrected chi connectivity index (χ4v) is 4.90. The Morgan fingerprint density at radius 2 is 0.852 bits per heavy atom. The lowest BCUT2D eigenvalue weighted by Crippen LogP contribution is -2.04. The molecule has 6 aromatic rings. The minimum Gasteiger partial charge on any atom is -0.489 e. The van der Waals surface area contributed by atoms with Gasteiger partial charge in [0.15, 0.2) is 17.1 Å². The molecule has 3 heterocycles. The van der Waals surface area contributed by atoms with Gasteiger partial charge in [0.25, 0.3) is 0 Å². The number of carboxylic acids is 3. The second kappa shape index (κ2) is 17.0. The van der Waals surface area contributed by atoms with Gasteiger partial charge in [0.1, 0.15) is 54.5 Å². The van der Waals surface area contributed by atoms with E-state index < -0.39 is 35.4 Å². The molecule has 15 heteroatoms. The fraction of sp³-hybridized carbons (Fsp3) is 0.128. The third kappa shape index (κ3) is 9.64. The van der Waals surface area contributed by atoms with E-state index in [0.717, 1.165) is 5.57 Å². The van der Waals surface area contributed by atoms with Crippen LogP contribution in [0, 0.1) is 17.5 Å². The first-order valence-corrected chi connectivity index (χ1v) is 16.0. The first kappa shape index (κ1) is 38.2. The van der Waals surface area contributed by atoms with E-state index in [9.17, 15) is 37.8 Å². The van der Waals surface area contributed by atoms with Gasteiger partial charge in [0.2, 0.25) is 0 Å². The highest BCUT2D eigenvalue weighted by atomic mass is 19.1. The fourth-order valence-electron chi connectivity index (χ4n) is 4.90. The molecule has 3 N–H and O–H groups in total. The summed E-state index contributed by atoms with van der Waals surface area (Å²) in [6.07, 6.45) is 5.01. The summed E-state index contributed by atoms with van der Waals surface area (Å²) in [6.45, 7) is 4.15. The largest absolute Gasteiger partial charge is 0.489 e. The molecule has 0 amide bonds. The molecule has 0 saturated heterocycles. The van der Waals surface area contributed by atoms with Crippen molar-refractivity contribution < 1.29 is 57.1 Å². The van der Waals surface area contributed by atoms with E-state index in [1.54, 1.807) is 12.2 Å². The molecule has 0 aliphatic rings. The Labute approximate surface area is 304 Å². The zero-order chi connectivity index (χ0) is 38.9. The lowest BCUT2D eigenvalue weighted by atomic mass is 10.1. The van der Waals surface area contributed by atoms with Crippen LogP contribution in [-0.4, -0.2) is 68.0 Å². The summed E-state index contributed by atoms with van der Waals surface area (Å²) in [5.41, 5.74) is 1.40. The van der Waals surface area contributed by atoms with Crippen molar-refractivity contribution in [1.82, 2.24) is 15.0 Å². The highest BCUT2D eigenvalue weighted by Gasteiger charge is 2.15. The molecule has 0 radical (unpaired) electrons. The first-order chi connectivity index (χ1) is 25.8. The SMILES string of the molecule is CC(C)=CCOc1cc(C(=O)O)nc2ccc(F)cc12.O=C(O)c1cc(OCC=CCOc2cc(C(=O)O)nc3ccc(F)cc23)c2cc(F)ccc2n1. The standard InChI is InChI=1S/C24H16F2N2O6.C15H14FNO3/c25-13-3-5-17-15(9-13)21(11-19(27-17)23(29)30)33-7-1-2-8-34-22-12-20(24(31)32)28-18-6-4-14(26)10-16(18)22;1-9(2)5-6-20-14-8-13(15(18)19)17-12-4-3-10(16)7-11(12)14/h1-6,9-12H,7-8H2,(H,29,30)(H,31,32);3-5,7-8H,6H2,1-2H3,(H,18,19). The number of halogens is 3. The maximum absolute atomic E-state index is 13.6. The Morgan fingerprint density at radius 1 is 0.537 bits per heavy atom. The van der Waals surface area contributed by atoms with Crippen molar-refractivity contribution in [3.63, 3.8) is 0 Å². The molecule has 0 atom stereocenters. The molecule has 6 rings (SSSR count). The van der Waals surface area contributed by atoms with Crippen LogP contribution in [0.3, 0.4) is 0 Å². The molecule has 12 nitrogen and oxygen atoms in total. The number of rotatable bonds is 12. The van der Waals surface area contributed by atoms with Crippen LogP contribution in [-0.2, 0) is 0 Å². The summed E-state index contributed by atoms with van der Waals surface area (Å²) in [5, 5.41) is 28.6. The van der Waals surface area contributed by atoms with Crippen molar-refractivity contribution >= 4 is 50.6 Å². The van der Waals surface area contributed by atoms with Gasteiger partial charge in [-0.2, -0.15) is 0 Å². The van der Waals surface area contributed by atoms with E-state index in [1.807, 2.05) is 19.9 Å². The van der Waals surface area contributed by atoms with Gasteiger partial charge in [0, 0.05) is 34.4 Å². The van der Waals surface area contributed by atoms with Gasteiger partial charge in [-0.05, 0) is 86.7 Å². The highest BCUT2D eigenvalue weighted by Crippen LogP contribution is 2.29. The van der Waals surface area contributed by atoms with Gasteiger partial charge < -0.3 is 29.5 Å². The summed E-state index contributed by atoms with van der Waals surface area (Å²) in [7, 11) is 0. The Bertz CT molecular complexity index is 2360. The number of carboxylic acid groups (broad SMARTS) is 3. The number of benzene rings is 3. The van der Waals surface area contributed by atoms with Crippen LogP contribution < -0.4 is 14.2 Å². The molecular formula is C39H30F3N3O9. The maximum atomic E-state index is 13.6. The number of fused-ring (bicyclic) bond motifs is 3. The zero-order valence-electron chi connectivity index (χ0n) is 28.5. The van der Waals surface area contributed by atoms with Crippen molar-refractivity contribution in [3.05, 3.63) is 131 Å². The van der Waals surface area contributed by atoms with Gasteiger partial charge in [-0.3, -0.25) is 0 Å². The predicted octanol–water partition coefficient (Wildman–Crippen LogP) is 7.89. The summed E-state index contributed by atoms with van der Waals surface area (Å²) in [6, 6.07) is 15.1. The molecule has 0 spiro atoms. The van der Waals surface area contributed by atoms with Crippen molar-refractivity contribution in [3.8, 4) is 17.2 Å². The summed E-state index contributed by atoms with van der Waals surface area (Å²) >= 11 is 0. The van der Waals surface area contributed by atoms with Gasteiger partial charge in [0.05, 0.1) is 16.6 Å². The van der Waals surface area contributed by atoms with Crippen molar-refractivity contribution in [2.24, 2.45) is 0 Å². The quantitative estimate of drug-likeness (QED) is 0.104. The van der Waals surface area contributed by atoms with Crippen molar-refractivity contribution in [2.75, 3.05) is 19.8 Å². The van der Waals surface area contributed by atoms with Crippen LogP contribution in [0.4, 0.5) is 13.2 Å². The molecule has 0 saturated carbocycles. The van der Waals surface area contributed by atoms with Crippen LogP contribution >= 0.6 is 0 Å². The van der Waals surface area contributed by atoms with Crippen LogP contribution in [0.25, 0.3) is 32.7 Å². The predicted molar refractivity (Wildman–Crippen MR) is 191 cm³/mol.